The number of hydrogen-bond acceptors (Lipinski definition) is 6. The van der Waals surface area contributed by atoms with E-state index in [1.54, 1.807) is 27.7 Å². The van der Waals surface area contributed by atoms with Crippen LogP contribution in [-0.2, 0) is 24.1 Å². The standard InChI is InChI=1S/C15H26ClNO6S/c1-7-22-13(18)9-11(17-14(19)23-15(4,5)6)8-12(16)24(20,21)10(2)3/h8,10-11H,7,9H2,1-6H3,(H,17,19)/t11-/m1/s1. The van der Waals surface area contributed by atoms with Gasteiger partial charge >= 0.3 is 12.1 Å². The molecule has 0 saturated heterocycles. The maximum Gasteiger partial charge on any atom is 0.408 e. The van der Waals surface area contributed by atoms with Crippen molar-refractivity contribution in [2.45, 2.75) is 64.9 Å². The number of amides is 1. The monoisotopic (exact) mass is 383 g/mol. The molecule has 0 aliphatic heterocycles. The summed E-state index contributed by atoms with van der Waals surface area (Å²) in [6.45, 7) is 9.80. The number of hydrogen-bond donors (Lipinski definition) is 1. The number of rotatable bonds is 7. The molecule has 9 heteroatoms. The first kappa shape index (κ1) is 22.7. The van der Waals surface area contributed by atoms with Gasteiger partial charge in [0.15, 0.2) is 9.84 Å². The SMILES string of the molecule is CCOC(=O)C[C@@H](C=C(Cl)S(=O)(=O)C(C)C)NC(=O)OC(C)(C)C. The lowest BCUT2D eigenvalue weighted by atomic mass is 10.2. The van der Waals surface area contributed by atoms with E-state index in [0.29, 0.717) is 0 Å². The highest BCUT2D eigenvalue weighted by Gasteiger charge is 2.25. The van der Waals surface area contributed by atoms with Crippen molar-refractivity contribution >= 4 is 33.5 Å². The third-order valence-electron chi connectivity index (χ3n) is 2.62. The fourth-order valence-electron chi connectivity index (χ4n) is 1.49. The van der Waals surface area contributed by atoms with Crippen molar-refractivity contribution < 1.29 is 27.5 Å². The van der Waals surface area contributed by atoms with Gasteiger partial charge in [-0.2, -0.15) is 0 Å². The van der Waals surface area contributed by atoms with Crippen molar-refractivity contribution in [1.82, 2.24) is 5.32 Å². The van der Waals surface area contributed by atoms with Gasteiger partial charge in [-0.25, -0.2) is 13.2 Å². The van der Waals surface area contributed by atoms with Gasteiger partial charge in [0.1, 0.15) is 9.97 Å². The van der Waals surface area contributed by atoms with Gasteiger partial charge in [0.2, 0.25) is 0 Å². The van der Waals surface area contributed by atoms with Crippen LogP contribution in [-0.4, -0.2) is 44.0 Å². The number of esters is 1. The molecule has 0 aliphatic rings. The lowest BCUT2D eigenvalue weighted by Crippen LogP contribution is -2.39. The van der Waals surface area contributed by atoms with Crippen LogP contribution in [0.5, 0.6) is 0 Å². The molecule has 0 radical (unpaired) electrons. The van der Waals surface area contributed by atoms with Crippen molar-refractivity contribution in [3.63, 3.8) is 0 Å². The molecule has 140 valence electrons. The van der Waals surface area contributed by atoms with Crippen molar-refractivity contribution in [2.75, 3.05) is 6.61 Å². The van der Waals surface area contributed by atoms with Crippen LogP contribution in [0.15, 0.2) is 10.4 Å². The second-order valence-electron chi connectivity index (χ2n) is 6.33. The lowest BCUT2D eigenvalue weighted by molar-refractivity contribution is -0.143. The summed E-state index contributed by atoms with van der Waals surface area (Å²) in [7, 11) is -3.71. The first-order chi connectivity index (χ1) is 10.8. The van der Waals surface area contributed by atoms with Gasteiger partial charge in [-0.3, -0.25) is 4.79 Å². The highest BCUT2D eigenvalue weighted by atomic mass is 35.5. The Labute approximate surface area is 148 Å². The Morgan fingerprint density at radius 1 is 1.25 bits per heavy atom. The molecule has 0 aromatic carbocycles. The zero-order valence-electron chi connectivity index (χ0n) is 14.9. The summed E-state index contributed by atoms with van der Waals surface area (Å²) in [4.78, 5) is 23.5. The Bertz CT molecular complexity index is 577. The van der Waals surface area contributed by atoms with Gasteiger partial charge in [-0.05, 0) is 47.6 Å². The fraction of sp³-hybridized carbons (Fsp3) is 0.733. The van der Waals surface area contributed by atoms with Gasteiger partial charge in [0.05, 0.1) is 24.3 Å². The van der Waals surface area contributed by atoms with Crippen LogP contribution in [0.2, 0.25) is 0 Å². The molecule has 0 aromatic heterocycles. The van der Waals surface area contributed by atoms with Crippen molar-refractivity contribution in [2.24, 2.45) is 0 Å². The van der Waals surface area contributed by atoms with E-state index in [1.807, 2.05) is 0 Å². The summed E-state index contributed by atoms with van der Waals surface area (Å²) in [5, 5.41) is 1.69. The highest BCUT2D eigenvalue weighted by Crippen LogP contribution is 2.19. The molecule has 0 rings (SSSR count). The molecule has 0 unspecified atom stereocenters. The molecule has 0 aliphatic carbocycles. The summed E-state index contributed by atoms with van der Waals surface area (Å²) >= 11 is 5.87. The van der Waals surface area contributed by atoms with E-state index in [1.165, 1.54) is 13.8 Å². The van der Waals surface area contributed by atoms with E-state index < -0.39 is 43.2 Å². The van der Waals surface area contributed by atoms with E-state index in [0.717, 1.165) is 6.08 Å². The minimum Gasteiger partial charge on any atom is -0.466 e. The second kappa shape index (κ2) is 9.27. The van der Waals surface area contributed by atoms with Crippen LogP contribution in [0, 0.1) is 0 Å². The van der Waals surface area contributed by atoms with E-state index >= 15 is 0 Å². The Morgan fingerprint density at radius 2 is 1.79 bits per heavy atom. The maximum absolute atomic E-state index is 12.0. The van der Waals surface area contributed by atoms with Crippen LogP contribution < -0.4 is 5.32 Å². The van der Waals surface area contributed by atoms with Gasteiger partial charge in [0, 0.05) is 0 Å². The number of carbonyl (C=O) groups is 2. The molecule has 1 N–H and O–H groups in total. The summed E-state index contributed by atoms with van der Waals surface area (Å²) in [5.74, 6) is -0.596. The van der Waals surface area contributed by atoms with E-state index in [4.69, 9.17) is 21.1 Å². The van der Waals surface area contributed by atoms with Crippen LogP contribution in [0.3, 0.4) is 0 Å². The average molecular weight is 384 g/mol. The van der Waals surface area contributed by atoms with E-state index in [9.17, 15) is 18.0 Å². The second-order valence-corrected chi connectivity index (χ2v) is 9.43. The number of ether oxygens (including phenoxy) is 2. The van der Waals surface area contributed by atoms with Gasteiger partial charge < -0.3 is 14.8 Å². The predicted molar refractivity (Wildman–Crippen MR) is 92.4 cm³/mol. The van der Waals surface area contributed by atoms with Gasteiger partial charge in [0.25, 0.3) is 0 Å². The summed E-state index contributed by atoms with van der Waals surface area (Å²) in [6.07, 6.45) is 0.0497. The van der Waals surface area contributed by atoms with Crippen LogP contribution >= 0.6 is 11.6 Å². The smallest absolute Gasteiger partial charge is 0.408 e. The molecule has 24 heavy (non-hydrogen) atoms. The van der Waals surface area contributed by atoms with E-state index in [-0.39, 0.29) is 13.0 Å². The maximum atomic E-state index is 12.0. The minimum absolute atomic E-state index is 0.166. The molecule has 0 saturated carbocycles. The fourth-order valence-corrected chi connectivity index (χ4v) is 2.98. The molecule has 0 bridgehead atoms. The van der Waals surface area contributed by atoms with Gasteiger partial charge in [-0.1, -0.05) is 11.6 Å². The largest absolute Gasteiger partial charge is 0.466 e. The zero-order chi connectivity index (χ0) is 19.1. The topological polar surface area (TPSA) is 98.8 Å². The average Bonchev–Trinajstić information content (AvgIpc) is 2.35. The Balaban J connectivity index is 5.34. The molecule has 1 amide bonds. The lowest BCUT2D eigenvalue weighted by Gasteiger charge is -2.22. The first-order valence-electron chi connectivity index (χ1n) is 7.56. The van der Waals surface area contributed by atoms with Crippen LogP contribution in [0.1, 0.15) is 48.0 Å². The Morgan fingerprint density at radius 3 is 2.21 bits per heavy atom. The van der Waals surface area contributed by atoms with Gasteiger partial charge in [-0.15, -0.1) is 0 Å². The number of halogens is 1. The Kier molecular flexibility index (Phi) is 8.77. The molecule has 0 heterocycles. The van der Waals surface area contributed by atoms with Crippen molar-refractivity contribution in [3.05, 3.63) is 10.4 Å². The molecule has 7 nitrogen and oxygen atoms in total. The van der Waals surface area contributed by atoms with Crippen LogP contribution in [0.4, 0.5) is 4.79 Å². The molecule has 0 fully saturated rings. The third-order valence-corrected chi connectivity index (χ3v) is 5.31. The number of nitrogens with one attached hydrogen (secondary N) is 1. The zero-order valence-corrected chi connectivity index (χ0v) is 16.5. The number of alkyl carbamates (subject to hydrolysis) is 1. The van der Waals surface area contributed by atoms with Crippen LogP contribution in [0.25, 0.3) is 0 Å². The quantitative estimate of drug-likeness (QED) is 0.678. The summed E-state index contributed by atoms with van der Waals surface area (Å²) < 4.78 is 33.5. The predicted octanol–water partition coefficient (Wildman–Crippen LogP) is 2.74. The summed E-state index contributed by atoms with van der Waals surface area (Å²) in [6, 6.07) is -0.972. The number of carbonyl (C=O) groups excluding carboxylic acids is 2. The molecule has 0 spiro atoms. The first-order valence-corrected chi connectivity index (χ1v) is 9.48. The third kappa shape index (κ3) is 8.54. The molecule has 1 atom stereocenters. The highest BCUT2D eigenvalue weighted by molar-refractivity contribution is 7.97. The normalized spacial score (nSPS) is 14.2. The minimum atomic E-state index is -3.71. The van der Waals surface area contributed by atoms with Crippen molar-refractivity contribution in [1.29, 1.82) is 0 Å². The molecular formula is C15H26ClNO6S. The van der Waals surface area contributed by atoms with Crippen molar-refractivity contribution in [3.8, 4) is 0 Å². The summed E-state index contributed by atoms with van der Waals surface area (Å²) in [5.41, 5.74) is -0.740. The molecular weight excluding hydrogens is 358 g/mol. The van der Waals surface area contributed by atoms with E-state index in [2.05, 4.69) is 5.32 Å². The number of sulfone groups is 1. The Hall–Kier alpha value is -1.28. The molecule has 0 aromatic rings.